The smallest absolute Gasteiger partial charge is 0.164 e. The third-order valence-corrected chi connectivity index (χ3v) is 5.15. The number of nitrogens with zero attached hydrogens (tertiary/aromatic N) is 8. The van der Waals surface area contributed by atoms with Crippen LogP contribution in [0.5, 0.6) is 0 Å². The van der Waals surface area contributed by atoms with E-state index < -0.39 is 0 Å². The number of hydrogen-bond donors (Lipinski definition) is 1. The van der Waals surface area contributed by atoms with Crippen molar-refractivity contribution in [3.8, 4) is 23.1 Å². The van der Waals surface area contributed by atoms with Gasteiger partial charge in [0.2, 0.25) is 0 Å². The summed E-state index contributed by atoms with van der Waals surface area (Å²) in [6.45, 7) is 9.55. The van der Waals surface area contributed by atoms with Crippen LogP contribution in [0.4, 0.5) is 5.69 Å². The van der Waals surface area contributed by atoms with Gasteiger partial charge in [0.25, 0.3) is 0 Å². The second kappa shape index (κ2) is 9.75. The van der Waals surface area contributed by atoms with E-state index in [-0.39, 0.29) is 12.1 Å². The van der Waals surface area contributed by atoms with Crippen LogP contribution in [-0.4, -0.2) is 54.0 Å². The van der Waals surface area contributed by atoms with Crippen molar-refractivity contribution < 1.29 is 4.74 Å². The minimum atomic E-state index is 0.206. The molecule has 10 heteroatoms. The highest BCUT2D eigenvalue weighted by molar-refractivity contribution is 5.79. The quantitative estimate of drug-likeness (QED) is 0.493. The van der Waals surface area contributed by atoms with Crippen molar-refractivity contribution in [1.82, 2.24) is 34.7 Å². The largest absolute Gasteiger partial charge is 0.382 e. The molecule has 1 aliphatic heterocycles. The highest BCUT2D eigenvalue weighted by Crippen LogP contribution is 2.30. The van der Waals surface area contributed by atoms with Gasteiger partial charge in [0.1, 0.15) is 11.8 Å². The lowest BCUT2D eigenvalue weighted by atomic mass is 10.1. The Kier molecular flexibility index (Phi) is 6.60. The third-order valence-electron chi connectivity index (χ3n) is 5.15. The van der Waals surface area contributed by atoms with Crippen LogP contribution in [-0.2, 0) is 4.74 Å². The predicted molar refractivity (Wildman–Crippen MR) is 125 cm³/mol. The van der Waals surface area contributed by atoms with Gasteiger partial charge in [-0.2, -0.15) is 15.0 Å². The molecule has 0 aromatic carbocycles. The SMILES string of the molecule is CC.CC(C)Nc1cc(-n2ncc3cc(C#N)cnc32)ncc1-c1cn(C2CCOC2)nn1. The number of pyridine rings is 2. The average molecular weight is 446 g/mol. The van der Waals surface area contributed by atoms with E-state index >= 15 is 0 Å². The van der Waals surface area contributed by atoms with Gasteiger partial charge in [0.05, 0.1) is 30.6 Å². The molecule has 5 rings (SSSR count). The molecule has 1 fully saturated rings. The lowest BCUT2D eigenvalue weighted by molar-refractivity contribution is 0.184. The summed E-state index contributed by atoms with van der Waals surface area (Å²) in [7, 11) is 0. The van der Waals surface area contributed by atoms with Crippen LogP contribution >= 0.6 is 0 Å². The summed E-state index contributed by atoms with van der Waals surface area (Å²) in [6.07, 6.45) is 7.87. The average Bonchev–Trinajstić information content (AvgIpc) is 3.60. The van der Waals surface area contributed by atoms with Gasteiger partial charge in [-0.25, -0.2) is 14.6 Å². The molecule has 5 heterocycles. The van der Waals surface area contributed by atoms with Crippen LogP contribution in [0.3, 0.4) is 0 Å². The maximum Gasteiger partial charge on any atom is 0.164 e. The molecule has 0 amide bonds. The number of anilines is 1. The molecule has 0 radical (unpaired) electrons. The summed E-state index contributed by atoms with van der Waals surface area (Å²) < 4.78 is 9.00. The van der Waals surface area contributed by atoms with Crippen molar-refractivity contribution >= 4 is 16.7 Å². The first-order valence-electron chi connectivity index (χ1n) is 11.1. The number of rotatable bonds is 5. The van der Waals surface area contributed by atoms with E-state index in [0.717, 1.165) is 35.4 Å². The summed E-state index contributed by atoms with van der Waals surface area (Å²) in [5, 5.41) is 26.5. The summed E-state index contributed by atoms with van der Waals surface area (Å²) in [5.74, 6) is 0.621. The van der Waals surface area contributed by atoms with E-state index in [0.29, 0.717) is 23.6 Å². The van der Waals surface area contributed by atoms with Crippen molar-refractivity contribution in [3.05, 3.63) is 42.5 Å². The third kappa shape index (κ3) is 4.54. The van der Waals surface area contributed by atoms with Gasteiger partial charge in [-0.3, -0.25) is 0 Å². The van der Waals surface area contributed by atoms with Crippen molar-refractivity contribution in [2.45, 2.75) is 46.2 Å². The molecule has 0 spiro atoms. The van der Waals surface area contributed by atoms with E-state index in [1.54, 1.807) is 23.1 Å². The highest BCUT2D eigenvalue weighted by atomic mass is 16.5. The van der Waals surface area contributed by atoms with Gasteiger partial charge in [0.15, 0.2) is 11.5 Å². The molecule has 10 nitrogen and oxygen atoms in total. The van der Waals surface area contributed by atoms with Crippen LogP contribution in [0, 0.1) is 11.3 Å². The number of aromatic nitrogens is 7. The Balaban J connectivity index is 0.00000126. The van der Waals surface area contributed by atoms with Crippen LogP contribution in [0.1, 0.15) is 45.7 Å². The predicted octanol–water partition coefficient (Wildman–Crippen LogP) is 3.75. The van der Waals surface area contributed by atoms with Gasteiger partial charge >= 0.3 is 0 Å². The Hall–Kier alpha value is -3.84. The maximum absolute atomic E-state index is 9.09. The first kappa shape index (κ1) is 22.4. The standard InChI is InChI=1S/C21H21N9O.C2H6/c1-13(2)26-18-6-20(30-21-15(9-25-30)5-14(7-22)8-24-21)23-10-17(18)19-11-29(28-27-19)16-3-4-31-12-16;1-2/h5-6,8-11,13,16H,3-4,12H2,1-2H3,(H,23,26);1-2H3. The zero-order valence-corrected chi connectivity index (χ0v) is 19.2. The zero-order chi connectivity index (χ0) is 23.4. The number of nitriles is 1. The summed E-state index contributed by atoms with van der Waals surface area (Å²) in [5.41, 5.74) is 3.62. The molecule has 33 heavy (non-hydrogen) atoms. The first-order valence-corrected chi connectivity index (χ1v) is 11.1. The van der Waals surface area contributed by atoms with Gasteiger partial charge in [-0.1, -0.05) is 19.1 Å². The van der Waals surface area contributed by atoms with E-state index in [2.05, 4.69) is 50.6 Å². The van der Waals surface area contributed by atoms with Crippen LogP contribution in [0.15, 0.2) is 36.9 Å². The zero-order valence-electron chi connectivity index (χ0n) is 19.2. The molecule has 4 aromatic rings. The topological polar surface area (TPSA) is 119 Å². The molecular weight excluding hydrogens is 418 g/mol. The summed E-state index contributed by atoms with van der Waals surface area (Å²) in [6, 6.07) is 6.21. The summed E-state index contributed by atoms with van der Waals surface area (Å²) >= 11 is 0. The summed E-state index contributed by atoms with van der Waals surface area (Å²) in [4.78, 5) is 9.01. The number of ether oxygens (including phenoxy) is 1. The van der Waals surface area contributed by atoms with Gasteiger partial charge in [0, 0.05) is 47.7 Å². The molecule has 170 valence electrons. The highest BCUT2D eigenvalue weighted by Gasteiger charge is 2.21. The maximum atomic E-state index is 9.09. The molecule has 0 aliphatic carbocycles. The second-order valence-corrected chi connectivity index (χ2v) is 7.79. The van der Waals surface area contributed by atoms with E-state index in [1.807, 2.05) is 30.8 Å². The number of hydrogen-bond acceptors (Lipinski definition) is 8. The van der Waals surface area contributed by atoms with E-state index in [9.17, 15) is 0 Å². The molecule has 0 bridgehead atoms. The molecule has 4 aromatic heterocycles. The van der Waals surface area contributed by atoms with Crippen molar-refractivity contribution in [2.24, 2.45) is 0 Å². The Morgan fingerprint density at radius 3 is 2.76 bits per heavy atom. The lowest BCUT2D eigenvalue weighted by Crippen LogP contribution is -2.12. The fraction of sp³-hybridized carbons (Fsp3) is 0.391. The minimum absolute atomic E-state index is 0.206. The van der Waals surface area contributed by atoms with Crippen LogP contribution < -0.4 is 5.32 Å². The van der Waals surface area contributed by atoms with Crippen molar-refractivity contribution in [1.29, 1.82) is 5.26 Å². The Morgan fingerprint density at radius 2 is 2.03 bits per heavy atom. The minimum Gasteiger partial charge on any atom is -0.382 e. The Labute approximate surface area is 192 Å². The van der Waals surface area contributed by atoms with Gasteiger partial charge in [-0.05, 0) is 26.3 Å². The van der Waals surface area contributed by atoms with Crippen molar-refractivity contribution in [3.63, 3.8) is 0 Å². The van der Waals surface area contributed by atoms with Crippen molar-refractivity contribution in [2.75, 3.05) is 18.5 Å². The number of nitrogens with one attached hydrogen (secondary N) is 1. The van der Waals surface area contributed by atoms with Crippen LogP contribution in [0.25, 0.3) is 28.1 Å². The first-order chi connectivity index (χ1) is 16.1. The second-order valence-electron chi connectivity index (χ2n) is 7.79. The lowest BCUT2D eigenvalue weighted by Gasteiger charge is -2.15. The monoisotopic (exact) mass is 445 g/mol. The fourth-order valence-electron chi connectivity index (χ4n) is 3.65. The molecule has 1 N–H and O–H groups in total. The Bertz CT molecular complexity index is 1280. The van der Waals surface area contributed by atoms with Gasteiger partial charge < -0.3 is 10.1 Å². The molecule has 0 saturated carbocycles. The molecular formula is C23H27N9O. The molecule has 1 saturated heterocycles. The van der Waals surface area contributed by atoms with E-state index in [4.69, 9.17) is 10.00 Å². The molecule has 1 atom stereocenters. The van der Waals surface area contributed by atoms with E-state index in [1.165, 1.54) is 6.20 Å². The fourth-order valence-corrected chi connectivity index (χ4v) is 3.65. The molecule has 1 aliphatic rings. The normalized spacial score (nSPS) is 15.3. The molecule has 1 unspecified atom stereocenters. The van der Waals surface area contributed by atoms with Gasteiger partial charge in [-0.15, -0.1) is 5.10 Å². The van der Waals surface area contributed by atoms with Crippen LogP contribution in [0.2, 0.25) is 0 Å². The number of fused-ring (bicyclic) bond motifs is 1. The Morgan fingerprint density at radius 1 is 1.18 bits per heavy atom.